The zero-order valence-electron chi connectivity index (χ0n) is 8.14. The van der Waals surface area contributed by atoms with Crippen molar-refractivity contribution in [1.29, 1.82) is 0 Å². The zero-order chi connectivity index (χ0) is 10.4. The van der Waals surface area contributed by atoms with Crippen LogP contribution >= 0.6 is 0 Å². The lowest BCUT2D eigenvalue weighted by Gasteiger charge is -1.99. The van der Waals surface area contributed by atoms with Crippen molar-refractivity contribution in [3.05, 3.63) is 23.9 Å². The molecule has 4 nitrogen and oxygen atoms in total. The van der Waals surface area contributed by atoms with Crippen molar-refractivity contribution in [1.82, 2.24) is 10.2 Å². The van der Waals surface area contributed by atoms with E-state index in [-0.39, 0.29) is 0 Å². The van der Waals surface area contributed by atoms with Crippen LogP contribution in [-0.2, 0) is 0 Å². The molecular weight excluding hydrogens is 191 g/mol. The van der Waals surface area contributed by atoms with Crippen molar-refractivity contribution in [3.63, 3.8) is 0 Å². The molecular formula is C10H11BN2O2. The third-order valence-corrected chi connectivity index (χ3v) is 2.89. The molecule has 15 heavy (non-hydrogen) atoms. The fourth-order valence-electron chi connectivity index (χ4n) is 1.89. The van der Waals surface area contributed by atoms with Gasteiger partial charge in [0.05, 0.1) is 5.52 Å². The highest BCUT2D eigenvalue weighted by Crippen LogP contribution is 2.41. The lowest BCUT2D eigenvalue weighted by atomic mass is 9.79. The van der Waals surface area contributed by atoms with E-state index in [1.165, 1.54) is 12.8 Å². The highest BCUT2D eigenvalue weighted by atomic mass is 16.4. The molecule has 0 atom stereocenters. The average molecular weight is 202 g/mol. The molecule has 1 heterocycles. The Morgan fingerprint density at radius 2 is 2.13 bits per heavy atom. The molecule has 3 N–H and O–H groups in total. The van der Waals surface area contributed by atoms with E-state index in [4.69, 9.17) is 10.0 Å². The number of rotatable bonds is 2. The Kier molecular flexibility index (Phi) is 1.84. The van der Waals surface area contributed by atoms with Crippen LogP contribution in [0.15, 0.2) is 18.2 Å². The van der Waals surface area contributed by atoms with Gasteiger partial charge in [-0.3, -0.25) is 5.10 Å². The van der Waals surface area contributed by atoms with E-state index in [0.717, 1.165) is 16.6 Å². The number of aromatic nitrogens is 2. The second kappa shape index (κ2) is 3.08. The maximum Gasteiger partial charge on any atom is 0.488 e. The van der Waals surface area contributed by atoms with Crippen molar-refractivity contribution < 1.29 is 10.0 Å². The standard InChI is InChI=1S/C10H11BN2O2/c14-11(15)7-3-4-9-8(5-7)10(13-12-9)6-1-2-6/h3-6,14-15H,1-2H2,(H,12,13). The Morgan fingerprint density at radius 1 is 1.33 bits per heavy atom. The number of benzene rings is 1. The summed E-state index contributed by atoms with van der Waals surface area (Å²) in [5, 5.41) is 26.4. The van der Waals surface area contributed by atoms with Gasteiger partial charge in [0.2, 0.25) is 0 Å². The SMILES string of the molecule is OB(O)c1ccc2n[nH]c(C3CC3)c2c1. The van der Waals surface area contributed by atoms with E-state index in [1.807, 2.05) is 6.07 Å². The molecule has 0 saturated heterocycles. The predicted molar refractivity (Wildman–Crippen MR) is 57.9 cm³/mol. The maximum absolute atomic E-state index is 9.09. The number of hydrogen-bond donors (Lipinski definition) is 3. The lowest BCUT2D eigenvalue weighted by molar-refractivity contribution is 0.426. The summed E-state index contributed by atoms with van der Waals surface area (Å²) in [7, 11) is -1.41. The van der Waals surface area contributed by atoms with Crippen LogP contribution in [0.3, 0.4) is 0 Å². The summed E-state index contributed by atoms with van der Waals surface area (Å²) in [6, 6.07) is 5.30. The fourth-order valence-corrected chi connectivity index (χ4v) is 1.89. The second-order valence-electron chi connectivity index (χ2n) is 4.06. The van der Waals surface area contributed by atoms with Crippen molar-refractivity contribution in [2.45, 2.75) is 18.8 Å². The molecule has 0 aliphatic heterocycles. The zero-order valence-corrected chi connectivity index (χ0v) is 8.14. The monoisotopic (exact) mass is 202 g/mol. The van der Waals surface area contributed by atoms with Gasteiger partial charge in [-0.25, -0.2) is 0 Å². The first-order chi connectivity index (χ1) is 7.25. The minimum Gasteiger partial charge on any atom is -0.423 e. The van der Waals surface area contributed by atoms with Crippen LogP contribution in [0, 0.1) is 0 Å². The topological polar surface area (TPSA) is 69.1 Å². The van der Waals surface area contributed by atoms with Gasteiger partial charge in [-0.2, -0.15) is 5.10 Å². The van der Waals surface area contributed by atoms with Crippen LogP contribution in [-0.4, -0.2) is 27.4 Å². The van der Waals surface area contributed by atoms with E-state index in [2.05, 4.69) is 10.2 Å². The van der Waals surface area contributed by atoms with E-state index in [0.29, 0.717) is 11.4 Å². The van der Waals surface area contributed by atoms with E-state index < -0.39 is 7.12 Å². The van der Waals surface area contributed by atoms with Crippen molar-refractivity contribution in [2.75, 3.05) is 0 Å². The average Bonchev–Trinajstić information content (AvgIpc) is 2.98. The van der Waals surface area contributed by atoms with Gasteiger partial charge in [0.25, 0.3) is 0 Å². The van der Waals surface area contributed by atoms with Crippen LogP contribution < -0.4 is 5.46 Å². The number of H-pyrrole nitrogens is 1. The van der Waals surface area contributed by atoms with Gasteiger partial charge in [-0.05, 0) is 24.4 Å². The molecule has 2 aromatic rings. The quantitative estimate of drug-likeness (QED) is 0.605. The third-order valence-electron chi connectivity index (χ3n) is 2.89. The highest BCUT2D eigenvalue weighted by molar-refractivity contribution is 6.58. The molecule has 1 aliphatic rings. The van der Waals surface area contributed by atoms with E-state index >= 15 is 0 Å². The Morgan fingerprint density at radius 3 is 2.80 bits per heavy atom. The molecule has 0 radical (unpaired) electrons. The lowest BCUT2D eigenvalue weighted by Crippen LogP contribution is -2.29. The summed E-state index contributed by atoms with van der Waals surface area (Å²) in [5.41, 5.74) is 2.54. The third kappa shape index (κ3) is 1.44. The summed E-state index contributed by atoms with van der Waals surface area (Å²) in [5.74, 6) is 0.584. The molecule has 1 fully saturated rings. The molecule has 1 aromatic carbocycles. The molecule has 5 heteroatoms. The summed E-state index contributed by atoms with van der Waals surface area (Å²) in [6.07, 6.45) is 2.40. The van der Waals surface area contributed by atoms with E-state index in [9.17, 15) is 0 Å². The van der Waals surface area contributed by atoms with E-state index in [1.54, 1.807) is 12.1 Å². The molecule has 1 aliphatic carbocycles. The Bertz CT molecular complexity index is 505. The smallest absolute Gasteiger partial charge is 0.423 e. The van der Waals surface area contributed by atoms with Crippen molar-refractivity contribution >= 4 is 23.5 Å². The van der Waals surface area contributed by atoms with Crippen LogP contribution in [0.2, 0.25) is 0 Å². The Balaban J connectivity index is 2.17. The van der Waals surface area contributed by atoms with Gasteiger partial charge in [0.15, 0.2) is 0 Å². The molecule has 0 bridgehead atoms. The number of fused-ring (bicyclic) bond motifs is 1. The van der Waals surface area contributed by atoms with Gasteiger partial charge in [-0.15, -0.1) is 0 Å². The first-order valence-corrected chi connectivity index (χ1v) is 5.10. The van der Waals surface area contributed by atoms with Crippen molar-refractivity contribution in [2.24, 2.45) is 0 Å². The van der Waals surface area contributed by atoms with Crippen molar-refractivity contribution in [3.8, 4) is 0 Å². The number of nitrogens with one attached hydrogen (secondary N) is 1. The van der Waals surface area contributed by atoms with Gasteiger partial charge < -0.3 is 10.0 Å². The van der Waals surface area contributed by atoms with Crippen LogP contribution in [0.4, 0.5) is 0 Å². The molecule has 1 saturated carbocycles. The Hall–Kier alpha value is -1.33. The molecule has 0 unspecified atom stereocenters. The molecule has 1 aromatic heterocycles. The first-order valence-electron chi connectivity index (χ1n) is 5.10. The maximum atomic E-state index is 9.09. The van der Waals surface area contributed by atoms with Gasteiger partial charge >= 0.3 is 7.12 Å². The Labute approximate surface area is 87.1 Å². The predicted octanol–water partition coefficient (Wildman–Crippen LogP) is 0.120. The largest absolute Gasteiger partial charge is 0.488 e. The highest BCUT2D eigenvalue weighted by Gasteiger charge is 2.27. The van der Waals surface area contributed by atoms with Crippen LogP contribution in [0.25, 0.3) is 10.9 Å². The van der Waals surface area contributed by atoms with Gasteiger partial charge in [0, 0.05) is 17.0 Å². The number of hydrogen-bond acceptors (Lipinski definition) is 3. The van der Waals surface area contributed by atoms with Gasteiger partial charge in [-0.1, -0.05) is 12.1 Å². The summed E-state index contributed by atoms with van der Waals surface area (Å²) >= 11 is 0. The van der Waals surface area contributed by atoms with Crippen LogP contribution in [0.1, 0.15) is 24.5 Å². The summed E-state index contributed by atoms with van der Waals surface area (Å²) < 4.78 is 0. The summed E-state index contributed by atoms with van der Waals surface area (Å²) in [6.45, 7) is 0. The second-order valence-corrected chi connectivity index (χ2v) is 4.06. The molecule has 0 amide bonds. The molecule has 76 valence electrons. The number of aromatic amines is 1. The number of nitrogens with zero attached hydrogens (tertiary/aromatic N) is 1. The normalized spacial score (nSPS) is 15.9. The van der Waals surface area contributed by atoms with Gasteiger partial charge in [0.1, 0.15) is 0 Å². The molecule has 3 rings (SSSR count). The minimum atomic E-state index is -1.41. The van der Waals surface area contributed by atoms with Crippen LogP contribution in [0.5, 0.6) is 0 Å². The first kappa shape index (κ1) is 8.94. The minimum absolute atomic E-state index is 0.519. The molecule has 0 spiro atoms. The summed E-state index contributed by atoms with van der Waals surface area (Å²) in [4.78, 5) is 0. The fraction of sp³-hybridized carbons (Fsp3) is 0.300.